The number of hydrazone groups is 1. The van der Waals surface area contributed by atoms with E-state index in [4.69, 9.17) is 10.6 Å². The minimum Gasteiger partial charge on any atom is -0.461 e. The van der Waals surface area contributed by atoms with E-state index >= 15 is 0 Å². The van der Waals surface area contributed by atoms with Crippen molar-refractivity contribution in [3.05, 3.63) is 0 Å². The van der Waals surface area contributed by atoms with Crippen LogP contribution >= 0.6 is 0 Å². The molecule has 5 nitrogen and oxygen atoms in total. The quantitative estimate of drug-likeness (QED) is 0.254. The molecule has 2 rings (SSSR count). The largest absolute Gasteiger partial charge is 0.461 e. The molecule has 0 aromatic carbocycles. The van der Waals surface area contributed by atoms with E-state index in [2.05, 4.69) is 10.4 Å². The number of carbonyl (C=O) groups is 1. The number of nitrogens with zero attached hydrogens (tertiary/aromatic N) is 1. The van der Waals surface area contributed by atoms with Crippen LogP contribution in [0, 0.1) is 11.8 Å². The van der Waals surface area contributed by atoms with Crippen LogP contribution in [0.1, 0.15) is 26.7 Å². The summed E-state index contributed by atoms with van der Waals surface area (Å²) >= 11 is 0. The highest BCUT2D eigenvalue weighted by molar-refractivity contribution is 5.87. The predicted molar refractivity (Wildman–Crippen MR) is 60.9 cm³/mol. The summed E-state index contributed by atoms with van der Waals surface area (Å²) < 4.78 is 32.9. The number of ether oxygens (including phenoxy) is 1. The number of fused-ring (bicyclic) bond motifs is 1. The van der Waals surface area contributed by atoms with Crippen LogP contribution in [-0.4, -0.2) is 29.9 Å². The first-order chi connectivity index (χ1) is 8.33. The van der Waals surface area contributed by atoms with Gasteiger partial charge in [-0.2, -0.15) is 5.10 Å². The highest BCUT2D eigenvalue weighted by Gasteiger charge is 2.64. The van der Waals surface area contributed by atoms with E-state index in [-0.39, 0.29) is 18.4 Å². The fourth-order valence-electron chi connectivity index (χ4n) is 2.97. The van der Waals surface area contributed by atoms with Gasteiger partial charge in [0.15, 0.2) is 0 Å². The third kappa shape index (κ3) is 1.72. The van der Waals surface area contributed by atoms with Crippen molar-refractivity contribution in [2.75, 3.05) is 0 Å². The van der Waals surface area contributed by atoms with E-state index in [1.165, 1.54) is 6.92 Å². The van der Waals surface area contributed by atoms with Crippen molar-refractivity contribution in [3.8, 4) is 0 Å². The lowest BCUT2D eigenvalue weighted by Gasteiger charge is -2.43. The first-order valence-electron chi connectivity index (χ1n) is 5.92. The third-order valence-corrected chi connectivity index (χ3v) is 4.10. The normalized spacial score (nSPS) is 42.7. The van der Waals surface area contributed by atoms with Crippen molar-refractivity contribution in [2.24, 2.45) is 22.8 Å². The smallest absolute Gasteiger partial charge is 0.332 e. The Morgan fingerprint density at radius 1 is 1.56 bits per heavy atom. The average molecular weight is 261 g/mol. The van der Waals surface area contributed by atoms with Gasteiger partial charge in [-0.15, -0.1) is 0 Å². The molecule has 1 heterocycles. The molecule has 0 aromatic rings. The Hall–Kier alpha value is -1.40. The fourth-order valence-corrected chi connectivity index (χ4v) is 2.97. The van der Waals surface area contributed by atoms with Crippen LogP contribution in [0.4, 0.5) is 8.78 Å². The van der Waals surface area contributed by atoms with Gasteiger partial charge in [0.1, 0.15) is 18.0 Å². The molecule has 4 unspecified atom stereocenters. The lowest BCUT2D eigenvalue weighted by molar-refractivity contribution is -0.153. The van der Waals surface area contributed by atoms with Crippen LogP contribution in [-0.2, 0) is 9.53 Å². The van der Waals surface area contributed by atoms with Gasteiger partial charge in [0.25, 0.3) is 5.92 Å². The lowest BCUT2D eigenvalue weighted by Crippen LogP contribution is -2.61. The molecule has 102 valence electrons. The molecule has 2 aliphatic rings. The van der Waals surface area contributed by atoms with Crippen LogP contribution in [0.3, 0.4) is 0 Å². The number of cyclic esters (lactones) is 1. The molecule has 0 radical (unpaired) electrons. The summed E-state index contributed by atoms with van der Waals surface area (Å²) in [6.45, 7) is 3.22. The summed E-state index contributed by atoms with van der Waals surface area (Å²) in [4.78, 5) is 11.9. The highest BCUT2D eigenvalue weighted by Crippen LogP contribution is 2.51. The number of nitrogens with one attached hydrogen (secondary N) is 1. The summed E-state index contributed by atoms with van der Waals surface area (Å²) in [7, 11) is 0. The summed E-state index contributed by atoms with van der Waals surface area (Å²) in [5, 5.41) is 5.85. The van der Waals surface area contributed by atoms with E-state index in [9.17, 15) is 13.6 Å². The van der Waals surface area contributed by atoms with Gasteiger partial charge in [-0.25, -0.2) is 13.6 Å². The molecule has 1 saturated heterocycles. The van der Waals surface area contributed by atoms with Gasteiger partial charge in [0.2, 0.25) is 0 Å². The van der Waals surface area contributed by atoms with Gasteiger partial charge in [0.05, 0.1) is 0 Å². The standard InChI is InChI=1S/C11H17F2N3O2/c1-6-3-8-7(2)18-9(17)10(8,15-5-16-14)4-11(6,12)13/h5-8H,3-4,14H2,1-2H3,(H,15,16). The molecule has 0 amide bonds. The molecular weight excluding hydrogens is 244 g/mol. The number of rotatable bonds is 2. The van der Waals surface area contributed by atoms with E-state index in [1.54, 1.807) is 6.92 Å². The average Bonchev–Trinajstić information content (AvgIpc) is 2.50. The van der Waals surface area contributed by atoms with Gasteiger partial charge < -0.3 is 15.9 Å². The molecule has 4 atom stereocenters. The molecule has 0 bridgehead atoms. The van der Waals surface area contributed by atoms with Crippen molar-refractivity contribution in [1.82, 2.24) is 5.32 Å². The molecule has 2 fully saturated rings. The number of halogens is 2. The van der Waals surface area contributed by atoms with Crippen molar-refractivity contribution in [3.63, 3.8) is 0 Å². The Morgan fingerprint density at radius 3 is 2.83 bits per heavy atom. The number of hydrogen-bond donors (Lipinski definition) is 2. The maximum Gasteiger partial charge on any atom is 0.332 e. The second-order valence-electron chi connectivity index (χ2n) is 5.19. The van der Waals surface area contributed by atoms with Crippen molar-refractivity contribution >= 4 is 12.3 Å². The Morgan fingerprint density at radius 2 is 2.22 bits per heavy atom. The van der Waals surface area contributed by atoms with Gasteiger partial charge >= 0.3 is 5.97 Å². The van der Waals surface area contributed by atoms with Crippen LogP contribution < -0.4 is 11.2 Å². The SMILES string of the molecule is CC1OC(=O)C2(N/C=N\N)CC(F)(F)C(C)CC12. The molecule has 7 heteroatoms. The van der Waals surface area contributed by atoms with Crippen molar-refractivity contribution in [1.29, 1.82) is 0 Å². The Kier molecular flexibility index (Phi) is 2.95. The van der Waals surface area contributed by atoms with E-state index in [0.29, 0.717) is 0 Å². The molecule has 1 aliphatic carbocycles. The van der Waals surface area contributed by atoms with E-state index in [0.717, 1.165) is 6.34 Å². The van der Waals surface area contributed by atoms with Gasteiger partial charge in [-0.05, 0) is 13.3 Å². The predicted octanol–water partition coefficient (Wildman–Crippen LogP) is 0.843. The maximum atomic E-state index is 13.9. The number of hydrogen-bond acceptors (Lipinski definition) is 4. The first kappa shape index (κ1) is 13.0. The number of nitrogens with two attached hydrogens (primary N) is 1. The van der Waals surface area contributed by atoms with Crippen LogP contribution in [0.2, 0.25) is 0 Å². The highest BCUT2D eigenvalue weighted by atomic mass is 19.3. The number of alkyl halides is 2. The topological polar surface area (TPSA) is 76.7 Å². The second-order valence-corrected chi connectivity index (χ2v) is 5.19. The Labute approximate surface area is 104 Å². The van der Waals surface area contributed by atoms with Crippen LogP contribution in [0.5, 0.6) is 0 Å². The monoisotopic (exact) mass is 261 g/mol. The van der Waals surface area contributed by atoms with E-state index in [1.807, 2.05) is 0 Å². The molecule has 1 aliphatic heterocycles. The summed E-state index contributed by atoms with van der Waals surface area (Å²) in [5.41, 5.74) is -1.40. The Balaban J connectivity index is 2.37. The fraction of sp³-hybridized carbons (Fsp3) is 0.818. The molecule has 0 aromatic heterocycles. The summed E-state index contributed by atoms with van der Waals surface area (Å²) in [6, 6.07) is 0. The minimum atomic E-state index is -2.91. The zero-order chi connectivity index (χ0) is 13.6. The summed E-state index contributed by atoms with van der Waals surface area (Å²) in [6.07, 6.45) is 0.347. The van der Waals surface area contributed by atoms with Crippen molar-refractivity contribution in [2.45, 2.75) is 44.3 Å². The minimum absolute atomic E-state index is 0.227. The molecule has 0 spiro atoms. The lowest BCUT2D eigenvalue weighted by atomic mass is 9.67. The van der Waals surface area contributed by atoms with Crippen molar-refractivity contribution < 1.29 is 18.3 Å². The second kappa shape index (κ2) is 4.07. The Bertz CT molecular complexity index is 388. The zero-order valence-corrected chi connectivity index (χ0v) is 10.3. The third-order valence-electron chi connectivity index (χ3n) is 4.10. The van der Waals surface area contributed by atoms with Gasteiger partial charge in [-0.1, -0.05) is 6.92 Å². The van der Waals surface area contributed by atoms with Crippen LogP contribution in [0.25, 0.3) is 0 Å². The zero-order valence-electron chi connectivity index (χ0n) is 10.3. The number of carbonyl (C=O) groups excluding carboxylic acids is 1. The summed E-state index contributed by atoms with van der Waals surface area (Å²) in [5.74, 6) is 0.345. The van der Waals surface area contributed by atoms with Gasteiger partial charge in [0, 0.05) is 18.3 Å². The molecule has 18 heavy (non-hydrogen) atoms. The van der Waals surface area contributed by atoms with Gasteiger partial charge in [-0.3, -0.25) is 0 Å². The van der Waals surface area contributed by atoms with E-state index < -0.39 is 29.8 Å². The first-order valence-corrected chi connectivity index (χ1v) is 5.92. The number of esters is 1. The maximum absolute atomic E-state index is 13.9. The van der Waals surface area contributed by atoms with Crippen LogP contribution in [0.15, 0.2) is 5.10 Å². The molecular formula is C11H17F2N3O2. The molecule has 3 N–H and O–H groups in total. The molecule has 1 saturated carbocycles.